The Kier molecular flexibility index (Phi) is 9.00. The molecule has 2 aromatic carbocycles. The van der Waals surface area contributed by atoms with Crippen molar-refractivity contribution in [2.24, 2.45) is 4.99 Å². The summed E-state index contributed by atoms with van der Waals surface area (Å²) in [4.78, 5) is 43.2. The van der Waals surface area contributed by atoms with Crippen LogP contribution >= 0.6 is 38.9 Å². The van der Waals surface area contributed by atoms with Crippen LogP contribution in [0.25, 0.3) is 17.4 Å². The molecule has 0 spiro atoms. The van der Waals surface area contributed by atoms with Gasteiger partial charge in [-0.2, -0.15) is 0 Å². The van der Waals surface area contributed by atoms with Gasteiger partial charge in [-0.1, -0.05) is 36.3 Å². The first kappa shape index (κ1) is 30.5. The van der Waals surface area contributed by atoms with Crippen molar-refractivity contribution in [3.63, 3.8) is 0 Å². The number of carbonyl (C=O) groups excluding carboxylic acids is 1. The molecule has 3 heterocycles. The molecule has 0 saturated heterocycles. The quantitative estimate of drug-likeness (QED) is 0.117. The predicted molar refractivity (Wildman–Crippen MR) is 166 cm³/mol. The van der Waals surface area contributed by atoms with Gasteiger partial charge in [0.05, 0.1) is 34.4 Å². The highest BCUT2D eigenvalue weighted by molar-refractivity contribution is 9.10. The number of rotatable bonds is 9. The van der Waals surface area contributed by atoms with E-state index in [-0.39, 0.29) is 23.4 Å². The minimum absolute atomic E-state index is 0.0565. The number of nitro benzene ring substituents is 1. The zero-order valence-electron chi connectivity index (χ0n) is 23.3. The number of nitrogens with zero attached hydrogens (tertiary/aromatic N) is 3. The number of benzene rings is 2. The lowest BCUT2D eigenvalue weighted by Gasteiger charge is -2.27. The number of non-ortho nitro benzene ring substituents is 1. The fourth-order valence-electron chi connectivity index (χ4n) is 4.86. The normalized spacial score (nSPS) is 14.8. The molecule has 222 valence electrons. The standard InChI is InChI=1S/C30H25BrClN3O7S/c1-4-6-22-26(29(37)41-5-2)27(20-13-16(32)7-11-23(20)40-3)34-28(36)25(43-30(34)33-22)15-18-9-12-24(42-18)19-10-8-17(35(38)39)14-21(19)31/h7-15,27H,4-6H2,1-3H3/b25-15+/t27-/m0/s1. The number of esters is 1. The van der Waals surface area contributed by atoms with E-state index in [1.807, 2.05) is 6.92 Å². The van der Waals surface area contributed by atoms with E-state index < -0.39 is 16.9 Å². The van der Waals surface area contributed by atoms with Gasteiger partial charge in [0, 0.05) is 38.8 Å². The Hall–Kier alpha value is -4.00. The number of methoxy groups -OCH3 is 1. The van der Waals surface area contributed by atoms with Crippen molar-refractivity contribution >= 4 is 56.6 Å². The number of nitro groups is 1. The van der Waals surface area contributed by atoms with Crippen LogP contribution in [0.4, 0.5) is 5.69 Å². The van der Waals surface area contributed by atoms with E-state index in [0.29, 0.717) is 65.8 Å². The number of carbonyl (C=O) groups is 1. The Bertz CT molecular complexity index is 1960. The van der Waals surface area contributed by atoms with Crippen LogP contribution in [0.5, 0.6) is 5.75 Å². The molecule has 0 N–H and O–H groups in total. The SMILES string of the molecule is CCCC1=C(C(=O)OCC)[C@H](c2cc(Cl)ccc2OC)n2c(s/c(=C/c3ccc(-c4ccc([N+](=O)[O-])cc4Br)o3)c2=O)=N1. The summed E-state index contributed by atoms with van der Waals surface area (Å²) in [6.07, 6.45) is 2.81. The monoisotopic (exact) mass is 685 g/mol. The van der Waals surface area contributed by atoms with Crippen LogP contribution in [-0.4, -0.2) is 29.2 Å². The van der Waals surface area contributed by atoms with E-state index in [1.165, 1.54) is 35.1 Å². The zero-order valence-corrected chi connectivity index (χ0v) is 26.4. The predicted octanol–water partition coefficient (Wildman–Crippen LogP) is 6.17. The number of furan rings is 1. The molecule has 0 saturated carbocycles. The van der Waals surface area contributed by atoms with Gasteiger partial charge in [-0.05, 0) is 65.7 Å². The van der Waals surface area contributed by atoms with Gasteiger partial charge in [-0.25, -0.2) is 9.79 Å². The smallest absolute Gasteiger partial charge is 0.338 e. The van der Waals surface area contributed by atoms with Crippen molar-refractivity contribution in [3.05, 3.63) is 110 Å². The highest BCUT2D eigenvalue weighted by atomic mass is 79.9. The van der Waals surface area contributed by atoms with Crippen molar-refractivity contribution in [2.45, 2.75) is 32.7 Å². The maximum Gasteiger partial charge on any atom is 0.338 e. The summed E-state index contributed by atoms with van der Waals surface area (Å²) in [5.74, 6) is 0.728. The Morgan fingerprint density at radius 2 is 2.02 bits per heavy atom. The lowest BCUT2D eigenvalue weighted by molar-refractivity contribution is -0.384. The van der Waals surface area contributed by atoms with Crippen molar-refractivity contribution in [1.29, 1.82) is 0 Å². The van der Waals surface area contributed by atoms with Gasteiger partial charge < -0.3 is 13.9 Å². The maximum atomic E-state index is 14.0. The van der Waals surface area contributed by atoms with Crippen LogP contribution in [-0.2, 0) is 9.53 Å². The molecule has 0 aliphatic carbocycles. The topological polar surface area (TPSA) is 126 Å². The van der Waals surface area contributed by atoms with Gasteiger partial charge in [-0.3, -0.25) is 19.5 Å². The number of halogens is 2. The second-order valence-corrected chi connectivity index (χ2v) is 11.7. The molecular formula is C30H25BrClN3O7S. The molecule has 13 heteroatoms. The lowest BCUT2D eigenvalue weighted by atomic mass is 9.93. The van der Waals surface area contributed by atoms with Crippen LogP contribution in [0.3, 0.4) is 0 Å². The van der Waals surface area contributed by atoms with Crippen molar-refractivity contribution in [2.75, 3.05) is 13.7 Å². The molecule has 10 nitrogen and oxygen atoms in total. The summed E-state index contributed by atoms with van der Waals surface area (Å²) in [7, 11) is 1.51. The second kappa shape index (κ2) is 12.7. The molecule has 1 aliphatic rings. The Morgan fingerprint density at radius 1 is 1.23 bits per heavy atom. The number of hydrogen-bond acceptors (Lipinski definition) is 9. The van der Waals surface area contributed by atoms with E-state index in [1.54, 1.807) is 49.4 Å². The highest BCUT2D eigenvalue weighted by Crippen LogP contribution is 2.38. The third-order valence-electron chi connectivity index (χ3n) is 6.71. The molecule has 0 bridgehead atoms. The van der Waals surface area contributed by atoms with E-state index >= 15 is 0 Å². The highest BCUT2D eigenvalue weighted by Gasteiger charge is 2.36. The number of aromatic nitrogens is 1. The first-order valence-corrected chi connectivity index (χ1v) is 15.2. The van der Waals surface area contributed by atoms with Crippen molar-refractivity contribution in [1.82, 2.24) is 4.57 Å². The number of allylic oxidation sites excluding steroid dienone is 1. The number of ether oxygens (including phenoxy) is 2. The maximum absolute atomic E-state index is 14.0. The molecule has 0 fully saturated rings. The molecule has 1 aliphatic heterocycles. The van der Waals surface area contributed by atoms with Crippen LogP contribution in [0.15, 0.2) is 78.5 Å². The molecule has 43 heavy (non-hydrogen) atoms. The summed E-state index contributed by atoms with van der Waals surface area (Å²) in [6.45, 7) is 3.85. The van der Waals surface area contributed by atoms with Crippen LogP contribution in [0.2, 0.25) is 5.02 Å². The minimum Gasteiger partial charge on any atom is -0.496 e. The van der Waals surface area contributed by atoms with E-state index in [9.17, 15) is 19.7 Å². The molecular weight excluding hydrogens is 662 g/mol. The van der Waals surface area contributed by atoms with E-state index in [0.717, 1.165) is 0 Å². The summed E-state index contributed by atoms with van der Waals surface area (Å²) in [6, 6.07) is 11.9. The van der Waals surface area contributed by atoms with Gasteiger partial charge >= 0.3 is 5.97 Å². The fourth-order valence-corrected chi connectivity index (χ4v) is 6.60. The molecule has 0 radical (unpaired) electrons. The van der Waals surface area contributed by atoms with Crippen LogP contribution in [0, 0.1) is 10.1 Å². The van der Waals surface area contributed by atoms with Gasteiger partial charge in [0.2, 0.25) is 0 Å². The molecule has 2 aromatic heterocycles. The van der Waals surface area contributed by atoms with Gasteiger partial charge in [0.15, 0.2) is 4.80 Å². The summed E-state index contributed by atoms with van der Waals surface area (Å²) < 4.78 is 19.4. The van der Waals surface area contributed by atoms with E-state index in [4.69, 9.17) is 30.5 Å². The first-order chi connectivity index (χ1) is 20.7. The van der Waals surface area contributed by atoms with Crippen LogP contribution < -0.4 is 19.6 Å². The van der Waals surface area contributed by atoms with Gasteiger partial charge in [0.25, 0.3) is 11.2 Å². The summed E-state index contributed by atoms with van der Waals surface area (Å²) >= 11 is 10.9. The average molecular weight is 687 g/mol. The molecule has 5 rings (SSSR count). The lowest BCUT2D eigenvalue weighted by Crippen LogP contribution is -2.40. The number of thiazole rings is 1. The number of fused-ring (bicyclic) bond motifs is 1. The van der Waals surface area contributed by atoms with Crippen molar-refractivity contribution < 1.29 is 23.6 Å². The van der Waals surface area contributed by atoms with Crippen molar-refractivity contribution in [3.8, 4) is 17.1 Å². The van der Waals surface area contributed by atoms with Crippen LogP contribution in [0.1, 0.15) is 44.1 Å². The summed E-state index contributed by atoms with van der Waals surface area (Å²) in [5, 5.41) is 11.5. The average Bonchev–Trinajstić information content (AvgIpc) is 3.56. The number of hydrogen-bond donors (Lipinski definition) is 0. The second-order valence-electron chi connectivity index (χ2n) is 9.42. The molecule has 1 atom stereocenters. The largest absolute Gasteiger partial charge is 0.496 e. The first-order valence-electron chi connectivity index (χ1n) is 13.3. The Balaban J connectivity index is 1.68. The molecule has 0 unspecified atom stereocenters. The fraction of sp³-hybridized carbons (Fsp3) is 0.233. The molecule has 0 amide bonds. The third-order valence-corrected chi connectivity index (χ3v) is 8.58. The van der Waals surface area contributed by atoms with Gasteiger partial charge in [0.1, 0.15) is 23.3 Å². The zero-order chi connectivity index (χ0) is 30.8. The third kappa shape index (κ3) is 5.95. The minimum atomic E-state index is -0.893. The Morgan fingerprint density at radius 3 is 2.70 bits per heavy atom. The van der Waals surface area contributed by atoms with Gasteiger partial charge in [-0.15, -0.1) is 0 Å². The Labute approximate surface area is 262 Å². The van der Waals surface area contributed by atoms with E-state index in [2.05, 4.69) is 15.9 Å². The molecule has 4 aromatic rings. The summed E-state index contributed by atoms with van der Waals surface area (Å²) in [5.41, 5.74) is 1.48.